The van der Waals surface area contributed by atoms with Crippen LogP contribution >= 0.6 is 0 Å². The maximum Gasteiger partial charge on any atom is 0.360 e. The largest absolute Gasteiger partial charge is 0.464 e. The zero-order valence-electron chi connectivity index (χ0n) is 11.5. The van der Waals surface area contributed by atoms with Crippen molar-refractivity contribution in [1.82, 2.24) is 9.78 Å². The molecule has 0 aliphatic heterocycles. The highest BCUT2D eigenvalue weighted by atomic mass is 16.5. The molecule has 6 heteroatoms. The van der Waals surface area contributed by atoms with E-state index in [1.807, 2.05) is 6.92 Å². The molecule has 1 saturated carbocycles. The smallest absolute Gasteiger partial charge is 0.360 e. The summed E-state index contributed by atoms with van der Waals surface area (Å²) in [7, 11) is 3.03. The number of ether oxygens (including phenoxy) is 1. The molecule has 1 aromatic heterocycles. The van der Waals surface area contributed by atoms with E-state index in [1.165, 1.54) is 7.11 Å². The van der Waals surface area contributed by atoms with Gasteiger partial charge in [0, 0.05) is 13.0 Å². The van der Waals surface area contributed by atoms with Gasteiger partial charge < -0.3 is 10.1 Å². The molecule has 1 aliphatic carbocycles. The van der Waals surface area contributed by atoms with Crippen LogP contribution in [0.1, 0.15) is 41.9 Å². The first-order valence-electron chi connectivity index (χ1n) is 6.47. The van der Waals surface area contributed by atoms with Gasteiger partial charge in [-0.1, -0.05) is 12.8 Å². The topological polar surface area (TPSA) is 73.2 Å². The second kappa shape index (κ2) is 5.42. The number of aromatic nitrogens is 2. The van der Waals surface area contributed by atoms with Crippen molar-refractivity contribution < 1.29 is 14.3 Å². The van der Waals surface area contributed by atoms with E-state index in [2.05, 4.69) is 15.2 Å². The first-order chi connectivity index (χ1) is 9.04. The van der Waals surface area contributed by atoms with Gasteiger partial charge in [0.15, 0.2) is 5.69 Å². The fourth-order valence-corrected chi connectivity index (χ4v) is 2.41. The summed E-state index contributed by atoms with van der Waals surface area (Å²) < 4.78 is 6.25. The van der Waals surface area contributed by atoms with Gasteiger partial charge in [-0.15, -0.1) is 0 Å². The van der Waals surface area contributed by atoms with Crippen molar-refractivity contribution in [3.05, 3.63) is 11.4 Å². The summed E-state index contributed by atoms with van der Waals surface area (Å²) in [5.41, 5.74) is 1.37. The van der Waals surface area contributed by atoms with Crippen LogP contribution in [0.15, 0.2) is 0 Å². The molecule has 1 N–H and O–H groups in total. The van der Waals surface area contributed by atoms with E-state index in [9.17, 15) is 9.59 Å². The lowest BCUT2D eigenvalue weighted by Crippen LogP contribution is -2.22. The summed E-state index contributed by atoms with van der Waals surface area (Å²) in [6.45, 7) is 1.81. The van der Waals surface area contributed by atoms with Crippen molar-refractivity contribution in [1.29, 1.82) is 0 Å². The molecule has 1 aromatic rings. The molecule has 19 heavy (non-hydrogen) atoms. The number of carbonyl (C=O) groups excluding carboxylic acids is 2. The number of amides is 1. The van der Waals surface area contributed by atoms with Gasteiger partial charge in [-0.3, -0.25) is 9.48 Å². The molecule has 0 unspecified atom stereocenters. The van der Waals surface area contributed by atoms with Crippen LogP contribution in [0.4, 0.5) is 5.69 Å². The molecular weight excluding hydrogens is 246 g/mol. The predicted octanol–water partition coefficient (Wildman–Crippen LogP) is 1.64. The summed E-state index contributed by atoms with van der Waals surface area (Å²) in [6.07, 6.45) is 4.01. The number of nitrogens with one attached hydrogen (secondary N) is 1. The van der Waals surface area contributed by atoms with Crippen LogP contribution in [-0.2, 0) is 16.6 Å². The van der Waals surface area contributed by atoms with Crippen molar-refractivity contribution in [2.45, 2.75) is 32.6 Å². The minimum absolute atomic E-state index is 0.0289. The van der Waals surface area contributed by atoms with Crippen LogP contribution < -0.4 is 5.32 Å². The average molecular weight is 265 g/mol. The normalized spacial score (nSPS) is 15.5. The molecular formula is C13H19N3O3. The molecule has 1 amide bonds. The van der Waals surface area contributed by atoms with Gasteiger partial charge in [0.2, 0.25) is 5.91 Å². The number of carbonyl (C=O) groups is 2. The fraction of sp³-hybridized carbons (Fsp3) is 0.615. The zero-order valence-corrected chi connectivity index (χ0v) is 11.5. The third-order valence-electron chi connectivity index (χ3n) is 3.69. The zero-order chi connectivity index (χ0) is 14.0. The number of hydrogen-bond donors (Lipinski definition) is 1. The summed E-state index contributed by atoms with van der Waals surface area (Å²) in [6, 6.07) is 0. The summed E-state index contributed by atoms with van der Waals surface area (Å²) in [4.78, 5) is 23.8. The number of hydrogen-bond acceptors (Lipinski definition) is 4. The van der Waals surface area contributed by atoms with Crippen LogP contribution in [0.25, 0.3) is 0 Å². The van der Waals surface area contributed by atoms with Gasteiger partial charge in [-0.2, -0.15) is 5.10 Å². The Bertz CT molecular complexity index is 501. The fourth-order valence-electron chi connectivity index (χ4n) is 2.41. The van der Waals surface area contributed by atoms with Crippen molar-refractivity contribution in [2.24, 2.45) is 13.0 Å². The number of methoxy groups -OCH3 is 1. The average Bonchev–Trinajstić information content (AvgIpc) is 3.01. The number of nitrogens with zero attached hydrogens (tertiary/aromatic N) is 2. The maximum absolute atomic E-state index is 12.1. The van der Waals surface area contributed by atoms with Crippen LogP contribution in [0.5, 0.6) is 0 Å². The SMILES string of the molecule is COC(=O)c1nn(C)c(C)c1NC(=O)C1CCCC1. The Morgan fingerprint density at radius 3 is 2.58 bits per heavy atom. The summed E-state index contributed by atoms with van der Waals surface area (Å²) in [5.74, 6) is -0.519. The first kappa shape index (κ1) is 13.6. The molecule has 0 atom stereocenters. The molecule has 1 heterocycles. The number of esters is 1. The van der Waals surface area contributed by atoms with Gasteiger partial charge in [0.1, 0.15) is 0 Å². The van der Waals surface area contributed by atoms with Gasteiger partial charge in [0.05, 0.1) is 18.5 Å². The highest BCUT2D eigenvalue weighted by Gasteiger charge is 2.27. The minimum Gasteiger partial charge on any atom is -0.464 e. The van der Waals surface area contributed by atoms with Crippen LogP contribution in [-0.4, -0.2) is 28.8 Å². The van der Waals surface area contributed by atoms with Crippen molar-refractivity contribution in [3.8, 4) is 0 Å². The van der Waals surface area contributed by atoms with Crippen LogP contribution in [0.3, 0.4) is 0 Å². The van der Waals surface area contributed by atoms with Gasteiger partial charge in [-0.05, 0) is 19.8 Å². The second-order valence-corrected chi connectivity index (χ2v) is 4.89. The molecule has 1 aliphatic rings. The Labute approximate surface area is 112 Å². The molecule has 1 fully saturated rings. The third-order valence-corrected chi connectivity index (χ3v) is 3.69. The number of rotatable bonds is 3. The lowest BCUT2D eigenvalue weighted by molar-refractivity contribution is -0.119. The van der Waals surface area contributed by atoms with E-state index in [1.54, 1.807) is 11.7 Å². The Hall–Kier alpha value is -1.85. The summed E-state index contributed by atoms with van der Waals surface area (Å²) in [5, 5.41) is 6.92. The van der Waals surface area contributed by atoms with E-state index in [0.717, 1.165) is 31.4 Å². The van der Waals surface area contributed by atoms with E-state index in [-0.39, 0.29) is 17.5 Å². The third kappa shape index (κ3) is 2.62. The van der Waals surface area contributed by atoms with E-state index in [4.69, 9.17) is 0 Å². The van der Waals surface area contributed by atoms with E-state index in [0.29, 0.717) is 5.69 Å². The second-order valence-electron chi connectivity index (χ2n) is 4.89. The molecule has 6 nitrogen and oxygen atoms in total. The van der Waals surface area contributed by atoms with Crippen LogP contribution in [0, 0.1) is 12.8 Å². The Morgan fingerprint density at radius 1 is 1.37 bits per heavy atom. The van der Waals surface area contributed by atoms with Crippen molar-refractivity contribution in [2.75, 3.05) is 12.4 Å². The Balaban J connectivity index is 2.23. The molecule has 0 radical (unpaired) electrons. The first-order valence-corrected chi connectivity index (χ1v) is 6.47. The monoisotopic (exact) mass is 265 g/mol. The molecule has 104 valence electrons. The quantitative estimate of drug-likeness (QED) is 0.843. The number of anilines is 1. The highest BCUT2D eigenvalue weighted by molar-refractivity contribution is 6.01. The molecule has 0 bridgehead atoms. The molecule has 2 rings (SSSR count). The molecule has 0 aromatic carbocycles. The van der Waals surface area contributed by atoms with Gasteiger partial charge >= 0.3 is 5.97 Å². The summed E-state index contributed by atoms with van der Waals surface area (Å²) >= 11 is 0. The van der Waals surface area contributed by atoms with Gasteiger partial charge in [-0.25, -0.2) is 4.79 Å². The highest BCUT2D eigenvalue weighted by Crippen LogP contribution is 2.27. The lowest BCUT2D eigenvalue weighted by atomic mass is 10.1. The predicted molar refractivity (Wildman–Crippen MR) is 69.9 cm³/mol. The number of aryl methyl sites for hydroxylation is 1. The lowest BCUT2D eigenvalue weighted by Gasteiger charge is -2.10. The molecule has 0 saturated heterocycles. The van der Waals surface area contributed by atoms with Crippen LogP contribution in [0.2, 0.25) is 0 Å². The molecule has 0 spiro atoms. The van der Waals surface area contributed by atoms with Crippen molar-refractivity contribution >= 4 is 17.6 Å². The Kier molecular flexibility index (Phi) is 3.87. The van der Waals surface area contributed by atoms with Crippen molar-refractivity contribution in [3.63, 3.8) is 0 Å². The standard InChI is InChI=1S/C13H19N3O3/c1-8-10(11(13(18)19-3)15-16(8)2)14-12(17)9-6-4-5-7-9/h9H,4-7H2,1-3H3,(H,14,17). The maximum atomic E-state index is 12.1. The Morgan fingerprint density at radius 2 is 2.00 bits per heavy atom. The van der Waals surface area contributed by atoms with Gasteiger partial charge in [0.25, 0.3) is 0 Å². The van der Waals surface area contributed by atoms with E-state index < -0.39 is 5.97 Å². The minimum atomic E-state index is -0.537. The van der Waals surface area contributed by atoms with E-state index >= 15 is 0 Å².